The predicted molar refractivity (Wildman–Crippen MR) is 62.1 cm³/mol. The van der Waals surface area contributed by atoms with Gasteiger partial charge in [-0.15, -0.1) is 10.2 Å². The minimum atomic E-state index is -0.183. The van der Waals surface area contributed by atoms with Gasteiger partial charge < -0.3 is 4.98 Å². The van der Waals surface area contributed by atoms with Crippen molar-refractivity contribution in [1.82, 2.24) is 19.7 Å². The van der Waals surface area contributed by atoms with Crippen LogP contribution < -0.4 is 5.69 Å². The van der Waals surface area contributed by atoms with Crippen LogP contribution in [0, 0.1) is 6.92 Å². The zero-order chi connectivity index (χ0) is 11.1. The van der Waals surface area contributed by atoms with Crippen molar-refractivity contribution in [2.24, 2.45) is 0 Å². The number of hydrogen-bond donors (Lipinski definition) is 1. The summed E-state index contributed by atoms with van der Waals surface area (Å²) >= 11 is 1.40. The molecule has 0 aliphatic rings. The summed E-state index contributed by atoms with van der Waals surface area (Å²) in [5.74, 6) is 0. The molecule has 2 aromatic heterocycles. The molecular weight excluding hydrogens is 224 g/mol. The number of rotatable bonds is 1. The Hall–Kier alpha value is -1.95. The Morgan fingerprint density at radius 3 is 2.88 bits per heavy atom. The molecule has 80 valence electrons. The highest BCUT2D eigenvalue weighted by Crippen LogP contribution is 2.17. The molecule has 3 aromatic rings. The van der Waals surface area contributed by atoms with Crippen LogP contribution in [0.2, 0.25) is 0 Å². The summed E-state index contributed by atoms with van der Waals surface area (Å²) in [5.41, 5.74) is 1.45. The maximum Gasteiger partial charge on any atom is 0.332 e. The van der Waals surface area contributed by atoms with Gasteiger partial charge in [0.1, 0.15) is 5.01 Å². The van der Waals surface area contributed by atoms with Crippen molar-refractivity contribution in [3.8, 4) is 5.13 Å². The SMILES string of the molecule is Cc1nnc(-n2c(=O)[nH]c3ccccc32)s1. The van der Waals surface area contributed by atoms with Crippen LogP contribution in [-0.2, 0) is 0 Å². The fraction of sp³-hybridized carbons (Fsp3) is 0.100. The Labute approximate surface area is 94.4 Å². The van der Waals surface area contributed by atoms with Crippen molar-refractivity contribution in [3.05, 3.63) is 39.8 Å². The lowest BCUT2D eigenvalue weighted by Crippen LogP contribution is -2.14. The van der Waals surface area contributed by atoms with Gasteiger partial charge in [0, 0.05) is 0 Å². The summed E-state index contributed by atoms with van der Waals surface area (Å²) in [7, 11) is 0. The third kappa shape index (κ3) is 1.27. The summed E-state index contributed by atoms with van der Waals surface area (Å²) in [5, 5.41) is 9.33. The fourth-order valence-corrected chi connectivity index (χ4v) is 2.32. The average Bonchev–Trinajstić information content (AvgIpc) is 2.80. The van der Waals surface area contributed by atoms with E-state index in [0.717, 1.165) is 16.0 Å². The van der Waals surface area contributed by atoms with E-state index >= 15 is 0 Å². The largest absolute Gasteiger partial charge is 0.332 e. The van der Waals surface area contributed by atoms with Crippen molar-refractivity contribution in [2.45, 2.75) is 6.92 Å². The predicted octanol–water partition coefficient (Wildman–Crippen LogP) is 1.48. The minimum Gasteiger partial charge on any atom is -0.305 e. The second-order valence-corrected chi connectivity index (χ2v) is 4.55. The summed E-state index contributed by atoms with van der Waals surface area (Å²) in [6, 6.07) is 7.51. The van der Waals surface area contributed by atoms with E-state index in [1.54, 1.807) is 4.57 Å². The molecule has 16 heavy (non-hydrogen) atoms. The van der Waals surface area contributed by atoms with Gasteiger partial charge in [0.25, 0.3) is 0 Å². The fourth-order valence-electron chi connectivity index (χ4n) is 1.62. The Morgan fingerprint density at radius 1 is 1.31 bits per heavy atom. The molecular formula is C10H8N4OS. The monoisotopic (exact) mass is 232 g/mol. The van der Waals surface area contributed by atoms with Gasteiger partial charge in [-0.1, -0.05) is 23.5 Å². The molecule has 0 radical (unpaired) electrons. The number of aromatic amines is 1. The number of hydrogen-bond acceptors (Lipinski definition) is 4. The van der Waals surface area contributed by atoms with Crippen LogP contribution >= 0.6 is 11.3 Å². The Bertz CT molecular complexity index is 709. The zero-order valence-corrected chi connectivity index (χ0v) is 9.28. The van der Waals surface area contributed by atoms with Gasteiger partial charge in [-0.3, -0.25) is 0 Å². The molecule has 0 amide bonds. The van der Waals surface area contributed by atoms with E-state index in [2.05, 4.69) is 15.2 Å². The standard InChI is InChI=1S/C10H8N4OS/c1-6-12-13-10(16-6)14-8-5-3-2-4-7(8)11-9(14)15/h2-5H,1H3,(H,11,15). The number of imidazole rings is 1. The number of benzene rings is 1. The smallest absolute Gasteiger partial charge is 0.305 e. The Morgan fingerprint density at radius 2 is 2.12 bits per heavy atom. The first-order chi connectivity index (χ1) is 7.75. The van der Waals surface area contributed by atoms with E-state index < -0.39 is 0 Å². The molecule has 0 saturated heterocycles. The second-order valence-electron chi connectivity index (χ2n) is 3.39. The van der Waals surface area contributed by atoms with E-state index in [1.165, 1.54) is 11.3 Å². The van der Waals surface area contributed by atoms with Crippen molar-refractivity contribution in [2.75, 3.05) is 0 Å². The van der Waals surface area contributed by atoms with Gasteiger partial charge >= 0.3 is 5.69 Å². The zero-order valence-electron chi connectivity index (χ0n) is 8.47. The van der Waals surface area contributed by atoms with Crippen LogP contribution in [0.1, 0.15) is 5.01 Å². The van der Waals surface area contributed by atoms with Crippen molar-refractivity contribution < 1.29 is 0 Å². The van der Waals surface area contributed by atoms with E-state index in [1.807, 2.05) is 31.2 Å². The topological polar surface area (TPSA) is 63.6 Å². The summed E-state index contributed by atoms with van der Waals surface area (Å²) < 4.78 is 1.54. The lowest BCUT2D eigenvalue weighted by molar-refractivity contribution is 0.937. The van der Waals surface area contributed by atoms with Gasteiger partial charge in [0.15, 0.2) is 0 Å². The molecule has 2 heterocycles. The molecule has 0 unspecified atom stereocenters. The van der Waals surface area contributed by atoms with Gasteiger partial charge in [-0.2, -0.15) is 0 Å². The molecule has 0 aliphatic carbocycles. The third-order valence-corrected chi connectivity index (χ3v) is 3.12. The van der Waals surface area contributed by atoms with Crippen molar-refractivity contribution >= 4 is 22.4 Å². The molecule has 0 aliphatic heterocycles. The number of nitrogens with one attached hydrogen (secondary N) is 1. The van der Waals surface area contributed by atoms with E-state index in [-0.39, 0.29) is 5.69 Å². The molecule has 0 saturated carbocycles. The number of para-hydroxylation sites is 2. The van der Waals surface area contributed by atoms with Crippen LogP contribution in [0.4, 0.5) is 0 Å². The number of fused-ring (bicyclic) bond motifs is 1. The van der Waals surface area contributed by atoms with E-state index in [9.17, 15) is 4.79 Å². The summed E-state index contributed by atoms with van der Waals surface area (Å²) in [4.78, 5) is 14.6. The first kappa shape index (κ1) is 9.29. The molecule has 3 rings (SSSR count). The highest BCUT2D eigenvalue weighted by molar-refractivity contribution is 7.13. The first-order valence-corrected chi connectivity index (χ1v) is 5.57. The number of nitrogens with zero attached hydrogens (tertiary/aromatic N) is 3. The number of aromatic nitrogens is 4. The molecule has 1 N–H and O–H groups in total. The van der Waals surface area contributed by atoms with Gasteiger partial charge in [0.2, 0.25) is 5.13 Å². The van der Waals surface area contributed by atoms with Gasteiger partial charge in [-0.25, -0.2) is 9.36 Å². The summed E-state index contributed by atoms with van der Waals surface area (Å²) in [6.45, 7) is 1.86. The molecule has 5 nitrogen and oxygen atoms in total. The quantitative estimate of drug-likeness (QED) is 0.691. The maximum atomic E-state index is 11.8. The minimum absolute atomic E-state index is 0.183. The van der Waals surface area contributed by atoms with Crippen LogP contribution in [0.25, 0.3) is 16.2 Å². The number of aryl methyl sites for hydroxylation is 1. The third-order valence-electron chi connectivity index (χ3n) is 2.30. The van der Waals surface area contributed by atoms with Crippen LogP contribution in [0.5, 0.6) is 0 Å². The second kappa shape index (κ2) is 3.28. The van der Waals surface area contributed by atoms with Gasteiger partial charge in [0.05, 0.1) is 11.0 Å². The summed E-state index contributed by atoms with van der Waals surface area (Å²) in [6.07, 6.45) is 0. The molecule has 0 bridgehead atoms. The molecule has 0 atom stereocenters. The first-order valence-electron chi connectivity index (χ1n) is 4.76. The van der Waals surface area contributed by atoms with Crippen LogP contribution in [0.15, 0.2) is 29.1 Å². The van der Waals surface area contributed by atoms with Crippen molar-refractivity contribution in [1.29, 1.82) is 0 Å². The molecule has 1 aromatic carbocycles. The lowest BCUT2D eigenvalue weighted by Gasteiger charge is -1.95. The van der Waals surface area contributed by atoms with Crippen molar-refractivity contribution in [3.63, 3.8) is 0 Å². The Balaban J connectivity index is 2.39. The van der Waals surface area contributed by atoms with Crippen LogP contribution in [0.3, 0.4) is 0 Å². The maximum absolute atomic E-state index is 11.8. The van der Waals surface area contributed by atoms with E-state index in [0.29, 0.717) is 5.13 Å². The Kier molecular flexibility index (Phi) is 1.90. The highest BCUT2D eigenvalue weighted by atomic mass is 32.1. The molecule has 0 fully saturated rings. The van der Waals surface area contributed by atoms with Gasteiger partial charge in [-0.05, 0) is 19.1 Å². The normalized spacial score (nSPS) is 11.1. The van der Waals surface area contributed by atoms with Crippen LogP contribution in [-0.4, -0.2) is 19.7 Å². The molecule has 6 heteroatoms. The molecule has 0 spiro atoms. The highest BCUT2D eigenvalue weighted by Gasteiger charge is 2.11. The average molecular weight is 232 g/mol. The van der Waals surface area contributed by atoms with E-state index in [4.69, 9.17) is 0 Å². The number of H-pyrrole nitrogens is 1. The lowest BCUT2D eigenvalue weighted by atomic mass is 10.3.